The first-order valence-electron chi connectivity index (χ1n) is 11.9. The fourth-order valence-corrected chi connectivity index (χ4v) is 4.24. The lowest BCUT2D eigenvalue weighted by Crippen LogP contribution is -2.28. The van der Waals surface area contributed by atoms with Crippen LogP contribution >= 0.6 is 12.2 Å². The lowest BCUT2D eigenvalue weighted by molar-refractivity contribution is 0.0466. The molecule has 0 saturated carbocycles. The maximum absolute atomic E-state index is 12.5. The predicted molar refractivity (Wildman–Crippen MR) is 146 cm³/mol. The summed E-state index contributed by atoms with van der Waals surface area (Å²) in [4.78, 5) is 21.6. The summed E-state index contributed by atoms with van der Waals surface area (Å²) < 4.78 is 5.47. The molecule has 0 unspecified atom stereocenters. The van der Waals surface area contributed by atoms with Gasteiger partial charge in [-0.3, -0.25) is 0 Å². The highest BCUT2D eigenvalue weighted by molar-refractivity contribution is 7.80. The maximum Gasteiger partial charge on any atom is 0.338 e. The van der Waals surface area contributed by atoms with Gasteiger partial charge in [-0.05, 0) is 67.3 Å². The van der Waals surface area contributed by atoms with E-state index >= 15 is 0 Å². The van der Waals surface area contributed by atoms with Crippen molar-refractivity contribution in [2.24, 2.45) is 4.99 Å². The predicted octanol–water partition coefficient (Wildman–Crippen LogP) is 5.35. The van der Waals surface area contributed by atoms with Gasteiger partial charge in [0.25, 0.3) is 0 Å². The quantitative estimate of drug-likeness (QED) is 0.342. The molecule has 35 heavy (non-hydrogen) atoms. The lowest BCUT2D eigenvalue weighted by Gasteiger charge is -2.20. The van der Waals surface area contributed by atoms with Gasteiger partial charge < -0.3 is 19.9 Å². The van der Waals surface area contributed by atoms with Crippen molar-refractivity contribution < 1.29 is 9.53 Å². The van der Waals surface area contributed by atoms with Crippen LogP contribution in [0.3, 0.4) is 0 Å². The molecule has 0 fully saturated rings. The molecule has 7 heteroatoms. The Morgan fingerprint density at radius 1 is 1.00 bits per heavy atom. The Hall–Kier alpha value is -3.55. The molecule has 6 nitrogen and oxygen atoms in total. The van der Waals surface area contributed by atoms with Crippen LogP contribution in [0.1, 0.15) is 35.3 Å². The Morgan fingerprint density at radius 3 is 2.40 bits per heavy atom. The van der Waals surface area contributed by atoms with Crippen LogP contribution in [-0.2, 0) is 11.3 Å². The van der Waals surface area contributed by atoms with E-state index in [0.29, 0.717) is 23.8 Å². The van der Waals surface area contributed by atoms with Crippen molar-refractivity contribution in [3.8, 4) is 0 Å². The molecule has 0 radical (unpaired) electrons. The van der Waals surface area contributed by atoms with E-state index in [2.05, 4.69) is 41.1 Å². The molecule has 1 aliphatic heterocycles. The van der Waals surface area contributed by atoms with Crippen molar-refractivity contribution in [2.75, 3.05) is 36.5 Å². The summed E-state index contributed by atoms with van der Waals surface area (Å²) in [5.74, 6) is 0.471. The molecule has 0 aromatic heterocycles. The summed E-state index contributed by atoms with van der Waals surface area (Å²) in [6, 6.07) is 25.4. The van der Waals surface area contributed by atoms with E-state index in [1.165, 1.54) is 5.56 Å². The number of rotatable bonds is 8. The summed E-state index contributed by atoms with van der Waals surface area (Å²) >= 11 is 5.55. The van der Waals surface area contributed by atoms with E-state index < -0.39 is 0 Å². The largest absolute Gasteiger partial charge is 0.461 e. The average Bonchev–Trinajstić information content (AvgIpc) is 3.25. The van der Waals surface area contributed by atoms with Crippen LogP contribution in [0.4, 0.5) is 11.4 Å². The number of hydrogen-bond donors (Lipinski definition) is 1. The van der Waals surface area contributed by atoms with Gasteiger partial charge in [0.05, 0.1) is 12.1 Å². The molecular formula is C28H30N4O2S. The SMILES string of the molecule is CCN(CC)CCOC(=O)c1ccc(N2Cc3ccccc3/C2=N\C(=S)Nc2ccccc2)cc1. The Morgan fingerprint density at radius 2 is 1.69 bits per heavy atom. The number of hydrogen-bond acceptors (Lipinski definition) is 4. The highest BCUT2D eigenvalue weighted by Gasteiger charge is 2.27. The van der Waals surface area contributed by atoms with Gasteiger partial charge in [0.2, 0.25) is 0 Å². The second kappa shape index (κ2) is 11.7. The third kappa shape index (κ3) is 6.12. The summed E-state index contributed by atoms with van der Waals surface area (Å²) in [5.41, 5.74) is 4.58. The molecule has 0 saturated heterocycles. The maximum atomic E-state index is 12.5. The molecule has 1 aliphatic rings. The van der Waals surface area contributed by atoms with E-state index in [0.717, 1.165) is 42.4 Å². The van der Waals surface area contributed by atoms with Crippen molar-refractivity contribution in [3.63, 3.8) is 0 Å². The number of nitrogens with one attached hydrogen (secondary N) is 1. The van der Waals surface area contributed by atoms with Crippen LogP contribution in [0.15, 0.2) is 83.9 Å². The lowest BCUT2D eigenvalue weighted by atomic mass is 10.1. The molecular weight excluding hydrogens is 456 g/mol. The fourth-order valence-electron chi connectivity index (χ4n) is 4.04. The molecule has 1 heterocycles. The van der Waals surface area contributed by atoms with Crippen LogP contribution in [-0.4, -0.2) is 48.1 Å². The number of para-hydroxylation sites is 1. The number of likely N-dealkylation sites (N-methyl/N-ethyl adjacent to an activating group) is 1. The molecule has 4 rings (SSSR count). The van der Waals surface area contributed by atoms with Gasteiger partial charge in [0, 0.05) is 23.5 Å². The zero-order valence-corrected chi connectivity index (χ0v) is 20.9. The van der Waals surface area contributed by atoms with Gasteiger partial charge in [0.15, 0.2) is 5.11 Å². The number of carbonyl (C=O) groups is 1. The minimum atomic E-state index is -0.310. The van der Waals surface area contributed by atoms with Crippen LogP contribution in [0.5, 0.6) is 0 Å². The zero-order valence-electron chi connectivity index (χ0n) is 20.1. The van der Waals surface area contributed by atoms with E-state index in [1.807, 2.05) is 54.6 Å². The number of ether oxygens (including phenoxy) is 1. The Kier molecular flexibility index (Phi) is 8.23. The number of esters is 1. The van der Waals surface area contributed by atoms with Crippen LogP contribution in [0.25, 0.3) is 0 Å². The smallest absolute Gasteiger partial charge is 0.338 e. The number of fused-ring (bicyclic) bond motifs is 1. The number of carbonyl (C=O) groups excluding carboxylic acids is 1. The molecule has 0 aliphatic carbocycles. The van der Waals surface area contributed by atoms with E-state index in [1.54, 1.807) is 12.1 Å². The first-order chi connectivity index (χ1) is 17.1. The number of thiocarbonyl (C=S) groups is 1. The molecule has 0 amide bonds. The Bertz CT molecular complexity index is 1190. The van der Waals surface area contributed by atoms with E-state index in [4.69, 9.17) is 21.9 Å². The molecule has 0 bridgehead atoms. The summed E-state index contributed by atoms with van der Waals surface area (Å²) in [6.07, 6.45) is 0. The number of anilines is 2. The second-order valence-corrected chi connectivity index (χ2v) is 8.57. The minimum absolute atomic E-state index is 0.310. The molecule has 0 atom stereocenters. The van der Waals surface area contributed by atoms with Crippen molar-refractivity contribution in [1.82, 2.24) is 4.90 Å². The normalized spacial score (nSPS) is 13.7. The molecule has 3 aromatic carbocycles. The van der Waals surface area contributed by atoms with Gasteiger partial charge >= 0.3 is 5.97 Å². The number of benzene rings is 3. The summed E-state index contributed by atoms with van der Waals surface area (Å²) in [7, 11) is 0. The van der Waals surface area contributed by atoms with Crippen molar-refractivity contribution in [1.29, 1.82) is 0 Å². The summed E-state index contributed by atoms with van der Waals surface area (Å²) in [5, 5.41) is 3.57. The molecule has 0 spiro atoms. The van der Waals surface area contributed by atoms with Gasteiger partial charge in [-0.1, -0.05) is 56.3 Å². The van der Waals surface area contributed by atoms with Crippen LogP contribution < -0.4 is 10.2 Å². The molecule has 1 N–H and O–H groups in total. The second-order valence-electron chi connectivity index (χ2n) is 8.18. The van der Waals surface area contributed by atoms with Crippen molar-refractivity contribution in [2.45, 2.75) is 20.4 Å². The summed E-state index contributed by atoms with van der Waals surface area (Å²) in [6.45, 7) is 7.87. The first kappa shape index (κ1) is 24.6. The topological polar surface area (TPSA) is 57.2 Å². The van der Waals surface area contributed by atoms with Gasteiger partial charge in [-0.25, -0.2) is 9.79 Å². The molecule has 180 valence electrons. The first-order valence-corrected chi connectivity index (χ1v) is 12.3. The number of amidine groups is 1. The molecule has 3 aromatic rings. The van der Waals surface area contributed by atoms with Gasteiger partial charge in [-0.2, -0.15) is 0 Å². The number of nitrogens with zero attached hydrogens (tertiary/aromatic N) is 3. The van der Waals surface area contributed by atoms with Gasteiger partial charge in [-0.15, -0.1) is 0 Å². The third-order valence-corrected chi connectivity index (χ3v) is 6.22. The standard InChI is InChI=1S/C28H30N4O2S/c1-3-31(4-2)18-19-34-27(33)21-14-16-24(17-15-21)32-20-22-10-8-9-13-25(22)26(32)30-28(35)29-23-11-6-5-7-12-23/h5-17H,3-4,18-20H2,1-2H3,(H,29,35)/b30-26+. The monoisotopic (exact) mass is 486 g/mol. The van der Waals surface area contributed by atoms with Crippen LogP contribution in [0, 0.1) is 0 Å². The van der Waals surface area contributed by atoms with E-state index in [9.17, 15) is 4.79 Å². The van der Waals surface area contributed by atoms with Crippen molar-refractivity contribution >= 4 is 40.5 Å². The van der Waals surface area contributed by atoms with Crippen molar-refractivity contribution in [3.05, 3.63) is 95.6 Å². The Balaban J connectivity index is 1.49. The number of aliphatic imine (C=N–C) groups is 1. The van der Waals surface area contributed by atoms with Gasteiger partial charge in [0.1, 0.15) is 12.4 Å². The highest BCUT2D eigenvalue weighted by Crippen LogP contribution is 2.29. The average molecular weight is 487 g/mol. The zero-order chi connectivity index (χ0) is 24.6. The van der Waals surface area contributed by atoms with Crippen LogP contribution in [0.2, 0.25) is 0 Å². The third-order valence-electron chi connectivity index (χ3n) is 6.02. The Labute approximate surface area is 212 Å². The minimum Gasteiger partial charge on any atom is -0.461 e. The highest BCUT2D eigenvalue weighted by atomic mass is 32.1. The fraction of sp³-hybridized carbons (Fsp3) is 0.250. The van der Waals surface area contributed by atoms with E-state index in [-0.39, 0.29) is 5.97 Å².